The third-order valence-corrected chi connectivity index (χ3v) is 8.80. The zero-order valence-corrected chi connectivity index (χ0v) is 26.0. The molecule has 1 aliphatic rings. The molecule has 8 heteroatoms. The number of nitrogens with one attached hydrogen (secondary N) is 2. The van der Waals surface area contributed by atoms with Crippen LogP contribution in [0.3, 0.4) is 0 Å². The van der Waals surface area contributed by atoms with Crippen LogP contribution in [0.1, 0.15) is 75.8 Å². The summed E-state index contributed by atoms with van der Waals surface area (Å²) < 4.78 is 2.27. The van der Waals surface area contributed by atoms with Gasteiger partial charge in [-0.05, 0) is 95.0 Å². The number of aryl methyl sites for hydroxylation is 3. The third-order valence-electron chi connectivity index (χ3n) is 8.80. The number of amides is 1. The molecule has 42 heavy (non-hydrogen) atoms. The number of pyridine rings is 2. The molecule has 0 aliphatic carbocycles. The molecular formula is C34H48N6O2. The van der Waals surface area contributed by atoms with Crippen LogP contribution in [-0.4, -0.2) is 57.6 Å². The number of hydrogen-bond donors (Lipinski definition) is 2. The third kappa shape index (κ3) is 5.86. The van der Waals surface area contributed by atoms with E-state index in [0.717, 1.165) is 77.3 Å². The molecule has 2 N–H and O–H groups in total. The lowest BCUT2D eigenvalue weighted by Crippen LogP contribution is -2.49. The van der Waals surface area contributed by atoms with Crippen molar-refractivity contribution in [1.82, 2.24) is 24.8 Å². The predicted octanol–water partition coefficient (Wildman–Crippen LogP) is 6.24. The van der Waals surface area contributed by atoms with Crippen LogP contribution in [0.2, 0.25) is 0 Å². The highest BCUT2D eigenvalue weighted by Gasteiger charge is 2.22. The maximum absolute atomic E-state index is 13.8. The van der Waals surface area contributed by atoms with Crippen molar-refractivity contribution >= 4 is 22.6 Å². The highest BCUT2D eigenvalue weighted by Crippen LogP contribution is 2.34. The molecule has 1 fully saturated rings. The molecule has 226 valence electrons. The van der Waals surface area contributed by atoms with Crippen molar-refractivity contribution in [2.75, 3.05) is 31.1 Å². The number of piperazine rings is 1. The molecule has 1 saturated heterocycles. The largest absolute Gasteiger partial charge is 0.354 e. The molecule has 4 aromatic rings. The van der Waals surface area contributed by atoms with Crippen molar-refractivity contribution in [1.29, 1.82) is 0 Å². The number of rotatable bonds is 8. The van der Waals surface area contributed by atoms with Crippen LogP contribution in [0.5, 0.6) is 0 Å². The summed E-state index contributed by atoms with van der Waals surface area (Å²) in [4.78, 5) is 38.9. The lowest BCUT2D eigenvalue weighted by Gasteiger charge is -2.37. The Balaban J connectivity index is 0.00000264. The first-order valence-electron chi connectivity index (χ1n) is 15.2. The minimum absolute atomic E-state index is 0. The fourth-order valence-electron chi connectivity index (χ4n) is 6.07. The summed E-state index contributed by atoms with van der Waals surface area (Å²) in [6, 6.07) is 11.1. The standard InChI is InChI=1S/C34H44N6O2.2H2/c1-8-25(7)40-20-23(5)32-28(33(41)36-19-29-22(4)15-24(6)37-34(29)42)16-27(17-30(32)40)26-9-10-31(35-18-26)39-13-11-38(12-14-39)21(2)3;;/h9-10,15-18,20-21,25H,8,11-14,19H2,1-7H3,(H,36,41)(H,37,42);2*1H/t25-;;/m0../s1. The van der Waals surface area contributed by atoms with Gasteiger partial charge in [0.25, 0.3) is 11.5 Å². The average Bonchev–Trinajstić information content (AvgIpc) is 3.31. The molecule has 4 heterocycles. The molecule has 0 saturated carbocycles. The molecule has 5 rings (SSSR count). The summed E-state index contributed by atoms with van der Waals surface area (Å²) in [6.45, 7) is 18.9. The van der Waals surface area contributed by atoms with E-state index in [-0.39, 0.29) is 26.9 Å². The highest BCUT2D eigenvalue weighted by molar-refractivity contribution is 6.09. The molecule has 0 radical (unpaired) electrons. The number of hydrogen-bond acceptors (Lipinski definition) is 5. The minimum Gasteiger partial charge on any atom is -0.354 e. The normalized spacial score (nSPS) is 15.0. The summed E-state index contributed by atoms with van der Waals surface area (Å²) in [6.07, 6.45) is 5.04. The van der Waals surface area contributed by atoms with E-state index in [4.69, 9.17) is 4.98 Å². The van der Waals surface area contributed by atoms with Crippen LogP contribution < -0.4 is 15.8 Å². The lowest BCUT2D eigenvalue weighted by molar-refractivity contribution is 0.0952. The van der Waals surface area contributed by atoms with Gasteiger partial charge in [0, 0.05) is 93.3 Å². The predicted molar refractivity (Wildman–Crippen MR) is 176 cm³/mol. The van der Waals surface area contributed by atoms with Gasteiger partial charge in [0.05, 0.1) is 0 Å². The molecule has 1 amide bonds. The summed E-state index contributed by atoms with van der Waals surface area (Å²) >= 11 is 0. The second kappa shape index (κ2) is 12.1. The van der Waals surface area contributed by atoms with Crippen LogP contribution in [0.15, 0.2) is 47.5 Å². The van der Waals surface area contributed by atoms with E-state index in [1.54, 1.807) is 0 Å². The van der Waals surface area contributed by atoms with Gasteiger partial charge in [-0.2, -0.15) is 0 Å². The van der Waals surface area contributed by atoms with E-state index in [9.17, 15) is 9.59 Å². The number of nitrogens with zero attached hydrogens (tertiary/aromatic N) is 4. The van der Waals surface area contributed by atoms with E-state index in [0.29, 0.717) is 17.2 Å². The van der Waals surface area contributed by atoms with Crippen LogP contribution >= 0.6 is 0 Å². The van der Waals surface area contributed by atoms with Crippen molar-refractivity contribution in [3.05, 3.63) is 81.0 Å². The van der Waals surface area contributed by atoms with Crippen LogP contribution in [0.4, 0.5) is 5.82 Å². The summed E-state index contributed by atoms with van der Waals surface area (Å²) in [7, 11) is 0. The van der Waals surface area contributed by atoms with Gasteiger partial charge in [-0.1, -0.05) is 6.92 Å². The van der Waals surface area contributed by atoms with Gasteiger partial charge in [-0.15, -0.1) is 0 Å². The Morgan fingerprint density at radius 2 is 1.76 bits per heavy atom. The first-order chi connectivity index (χ1) is 20.1. The summed E-state index contributed by atoms with van der Waals surface area (Å²) in [5, 5.41) is 3.98. The Bertz CT molecular complexity index is 1650. The number of benzene rings is 1. The van der Waals surface area contributed by atoms with Crippen molar-refractivity contribution in [2.45, 2.75) is 73.5 Å². The second-order valence-electron chi connectivity index (χ2n) is 12.0. The van der Waals surface area contributed by atoms with E-state index in [1.807, 2.05) is 32.2 Å². The molecule has 0 unspecified atom stereocenters. The molecule has 1 aromatic carbocycles. The van der Waals surface area contributed by atoms with Crippen LogP contribution in [-0.2, 0) is 6.54 Å². The van der Waals surface area contributed by atoms with Gasteiger partial charge in [-0.25, -0.2) is 4.98 Å². The van der Waals surface area contributed by atoms with Gasteiger partial charge in [0.2, 0.25) is 0 Å². The quantitative estimate of drug-likeness (QED) is 0.261. The minimum atomic E-state index is -0.196. The number of aromatic nitrogens is 3. The van der Waals surface area contributed by atoms with E-state index in [1.165, 1.54) is 0 Å². The topological polar surface area (TPSA) is 86.3 Å². The van der Waals surface area contributed by atoms with Crippen molar-refractivity contribution < 1.29 is 7.65 Å². The maximum Gasteiger partial charge on any atom is 0.253 e. The number of carbonyl (C=O) groups excluding carboxylic acids is 1. The Kier molecular flexibility index (Phi) is 8.55. The number of fused-ring (bicyclic) bond motifs is 1. The van der Waals surface area contributed by atoms with Gasteiger partial charge in [0.1, 0.15) is 5.82 Å². The number of anilines is 1. The monoisotopic (exact) mass is 572 g/mol. The smallest absolute Gasteiger partial charge is 0.253 e. The summed E-state index contributed by atoms with van der Waals surface area (Å²) in [5.41, 5.74) is 6.69. The Morgan fingerprint density at radius 3 is 2.38 bits per heavy atom. The molecule has 1 aliphatic heterocycles. The van der Waals surface area contributed by atoms with E-state index < -0.39 is 0 Å². The average molecular weight is 573 g/mol. The van der Waals surface area contributed by atoms with Gasteiger partial charge < -0.3 is 19.8 Å². The zero-order valence-electron chi connectivity index (χ0n) is 26.0. The van der Waals surface area contributed by atoms with E-state index >= 15 is 0 Å². The number of H-pyrrole nitrogens is 1. The van der Waals surface area contributed by atoms with Crippen molar-refractivity contribution in [3.63, 3.8) is 0 Å². The lowest BCUT2D eigenvalue weighted by atomic mass is 9.98. The van der Waals surface area contributed by atoms with Gasteiger partial charge in [0.15, 0.2) is 0 Å². The molecule has 1 atom stereocenters. The van der Waals surface area contributed by atoms with Crippen molar-refractivity contribution in [2.24, 2.45) is 0 Å². The first-order valence-corrected chi connectivity index (χ1v) is 15.2. The fraction of sp³-hybridized carbons (Fsp3) is 0.441. The SMILES string of the molecule is CC[C@H](C)n1cc(C)c2c(C(=O)NCc3c(C)cc(C)[nH]c3=O)cc(-c3ccc(N4CCN(C(C)C)CC4)nc3)cc21.[HH].[HH]. The molecule has 3 aromatic heterocycles. The Morgan fingerprint density at radius 1 is 1.02 bits per heavy atom. The molecule has 0 spiro atoms. The number of carbonyl (C=O) groups is 1. The van der Waals surface area contributed by atoms with Gasteiger partial charge >= 0.3 is 0 Å². The van der Waals surface area contributed by atoms with Gasteiger partial charge in [-0.3, -0.25) is 14.5 Å². The Labute approximate surface area is 251 Å². The molecule has 0 bridgehead atoms. The zero-order chi connectivity index (χ0) is 30.1. The van der Waals surface area contributed by atoms with Crippen LogP contribution in [0, 0.1) is 20.8 Å². The van der Waals surface area contributed by atoms with Crippen molar-refractivity contribution in [3.8, 4) is 11.1 Å². The fourth-order valence-corrected chi connectivity index (χ4v) is 6.07. The molecular weight excluding hydrogens is 524 g/mol. The van der Waals surface area contributed by atoms with Crippen LogP contribution in [0.25, 0.3) is 22.0 Å². The summed E-state index contributed by atoms with van der Waals surface area (Å²) in [5.74, 6) is 0.789. The highest BCUT2D eigenvalue weighted by atomic mass is 16.1. The van der Waals surface area contributed by atoms with E-state index in [2.05, 4.69) is 83.7 Å². The first kappa shape index (κ1) is 29.6. The molecule has 8 nitrogen and oxygen atoms in total. The second-order valence-corrected chi connectivity index (χ2v) is 12.0. The maximum atomic E-state index is 13.8. The Hall–Kier alpha value is -3.91. The number of aromatic amines is 1.